The van der Waals surface area contributed by atoms with Crippen LogP contribution in [0.3, 0.4) is 0 Å². The summed E-state index contributed by atoms with van der Waals surface area (Å²) in [7, 11) is 1.89. The average molecular weight is 267 g/mol. The molecular formula is C12H17N3O2S. The highest BCUT2D eigenvalue weighted by Crippen LogP contribution is 2.24. The van der Waals surface area contributed by atoms with Gasteiger partial charge in [0.25, 0.3) is 0 Å². The van der Waals surface area contributed by atoms with Crippen LogP contribution in [0.2, 0.25) is 0 Å². The molecule has 0 aliphatic carbocycles. The lowest BCUT2D eigenvalue weighted by Crippen LogP contribution is -2.15. The second-order valence-electron chi connectivity index (χ2n) is 3.97. The third-order valence-electron chi connectivity index (χ3n) is 2.56. The highest BCUT2D eigenvalue weighted by molar-refractivity contribution is 7.99. The molecule has 0 aliphatic heterocycles. The Labute approximate surface area is 110 Å². The Morgan fingerprint density at radius 2 is 2.33 bits per heavy atom. The predicted octanol–water partition coefficient (Wildman–Crippen LogP) is 0.499. The summed E-state index contributed by atoms with van der Waals surface area (Å²) in [5.41, 5.74) is 1.96. The zero-order chi connectivity index (χ0) is 13.0. The molecule has 0 saturated carbocycles. The number of aliphatic hydroxyl groups is 2. The van der Waals surface area contributed by atoms with Crippen LogP contribution in [0, 0.1) is 0 Å². The Morgan fingerprint density at radius 1 is 1.50 bits per heavy atom. The first-order valence-corrected chi connectivity index (χ1v) is 6.77. The van der Waals surface area contributed by atoms with Gasteiger partial charge in [-0.1, -0.05) is 6.07 Å². The van der Waals surface area contributed by atoms with Gasteiger partial charge in [0.1, 0.15) is 10.7 Å². The molecule has 0 aromatic carbocycles. The van der Waals surface area contributed by atoms with Crippen LogP contribution in [-0.4, -0.2) is 45.1 Å². The number of aromatic nitrogens is 2. The van der Waals surface area contributed by atoms with E-state index in [1.807, 2.05) is 35.8 Å². The third-order valence-corrected chi connectivity index (χ3v) is 3.71. The summed E-state index contributed by atoms with van der Waals surface area (Å²) in [6.07, 6.45) is 1.27. The molecule has 0 amide bonds. The van der Waals surface area contributed by atoms with Crippen molar-refractivity contribution >= 4 is 17.4 Å². The van der Waals surface area contributed by atoms with Gasteiger partial charge in [0.15, 0.2) is 0 Å². The molecule has 5 nitrogen and oxygen atoms in total. The van der Waals surface area contributed by atoms with Crippen molar-refractivity contribution in [1.82, 2.24) is 14.7 Å². The zero-order valence-corrected chi connectivity index (χ0v) is 11.0. The monoisotopic (exact) mass is 267 g/mol. The highest BCUT2D eigenvalue weighted by Gasteiger charge is 2.13. The number of hydrogen-bond donors (Lipinski definition) is 3. The van der Waals surface area contributed by atoms with E-state index in [0.29, 0.717) is 12.3 Å². The number of nitrogens with one attached hydrogen (secondary N) is 1. The van der Waals surface area contributed by atoms with Crippen LogP contribution in [0.1, 0.15) is 5.69 Å². The van der Waals surface area contributed by atoms with Crippen molar-refractivity contribution in [2.45, 2.75) is 17.7 Å². The molecule has 1 atom stereocenters. The Kier molecular flexibility index (Phi) is 4.60. The topological polar surface area (TPSA) is 69.8 Å². The van der Waals surface area contributed by atoms with Crippen molar-refractivity contribution in [2.75, 3.05) is 19.4 Å². The van der Waals surface area contributed by atoms with Crippen molar-refractivity contribution in [1.29, 1.82) is 0 Å². The van der Waals surface area contributed by atoms with Gasteiger partial charge < -0.3 is 19.9 Å². The normalized spacial score (nSPS) is 13.1. The highest BCUT2D eigenvalue weighted by atomic mass is 32.2. The molecule has 2 aromatic rings. The molecular weight excluding hydrogens is 250 g/mol. The fourth-order valence-corrected chi connectivity index (χ4v) is 2.65. The zero-order valence-electron chi connectivity index (χ0n) is 10.2. The second-order valence-corrected chi connectivity index (χ2v) is 4.98. The molecule has 1 unspecified atom stereocenters. The first-order chi connectivity index (χ1) is 8.76. The van der Waals surface area contributed by atoms with Gasteiger partial charge in [-0.2, -0.15) is 0 Å². The smallest absolute Gasteiger partial charge is 0.138 e. The van der Waals surface area contributed by atoms with Gasteiger partial charge in [-0.15, -0.1) is 11.8 Å². The van der Waals surface area contributed by atoms with Gasteiger partial charge in [-0.05, 0) is 19.2 Å². The van der Waals surface area contributed by atoms with Crippen LogP contribution in [-0.2, 0) is 6.54 Å². The molecule has 18 heavy (non-hydrogen) atoms. The van der Waals surface area contributed by atoms with Crippen LogP contribution in [0.5, 0.6) is 0 Å². The fourth-order valence-electron chi connectivity index (χ4n) is 1.70. The summed E-state index contributed by atoms with van der Waals surface area (Å²) in [6, 6.07) is 5.86. The van der Waals surface area contributed by atoms with E-state index in [-0.39, 0.29) is 6.61 Å². The lowest BCUT2D eigenvalue weighted by atomic mass is 10.4. The maximum absolute atomic E-state index is 9.39. The third kappa shape index (κ3) is 2.84. The van der Waals surface area contributed by atoms with Gasteiger partial charge >= 0.3 is 0 Å². The van der Waals surface area contributed by atoms with Crippen LogP contribution in [0.15, 0.2) is 29.4 Å². The van der Waals surface area contributed by atoms with Crippen molar-refractivity contribution in [3.05, 3.63) is 30.1 Å². The van der Waals surface area contributed by atoms with E-state index in [1.165, 1.54) is 11.8 Å². The number of fused-ring (bicyclic) bond motifs is 1. The first kappa shape index (κ1) is 13.4. The minimum Gasteiger partial charge on any atom is -0.394 e. The van der Waals surface area contributed by atoms with Crippen LogP contribution in [0.25, 0.3) is 5.65 Å². The van der Waals surface area contributed by atoms with Crippen LogP contribution < -0.4 is 5.32 Å². The van der Waals surface area contributed by atoms with E-state index < -0.39 is 6.10 Å². The number of rotatable bonds is 6. The number of thioether (sulfide) groups is 1. The number of hydrogen-bond acceptors (Lipinski definition) is 5. The lowest BCUT2D eigenvalue weighted by Gasteiger charge is -2.06. The Hall–Kier alpha value is -1.08. The van der Waals surface area contributed by atoms with Gasteiger partial charge in [-0.25, -0.2) is 4.98 Å². The van der Waals surface area contributed by atoms with Crippen molar-refractivity contribution in [2.24, 2.45) is 0 Å². The minimum atomic E-state index is -0.706. The standard InChI is InChI=1S/C12H17N3O2S/c1-13-6-10-12(18-8-9(17)7-16)14-11-4-2-3-5-15(10)11/h2-5,9,13,16-17H,6-8H2,1H3. The Balaban J connectivity index is 2.27. The van der Waals surface area contributed by atoms with E-state index in [2.05, 4.69) is 10.3 Å². The molecule has 2 rings (SSSR count). The number of pyridine rings is 1. The average Bonchev–Trinajstić information content (AvgIpc) is 2.75. The van der Waals surface area contributed by atoms with Crippen LogP contribution >= 0.6 is 11.8 Å². The Morgan fingerprint density at radius 3 is 3.06 bits per heavy atom. The predicted molar refractivity (Wildman–Crippen MR) is 71.8 cm³/mol. The van der Waals surface area contributed by atoms with E-state index in [1.54, 1.807) is 0 Å². The largest absolute Gasteiger partial charge is 0.394 e. The van der Waals surface area contributed by atoms with Gasteiger partial charge in [0.05, 0.1) is 18.4 Å². The summed E-state index contributed by atoms with van der Waals surface area (Å²) in [4.78, 5) is 4.53. The summed E-state index contributed by atoms with van der Waals surface area (Å²) in [6.45, 7) is 0.491. The summed E-state index contributed by atoms with van der Waals surface area (Å²) in [5, 5.41) is 22.2. The van der Waals surface area contributed by atoms with Gasteiger partial charge in [0.2, 0.25) is 0 Å². The first-order valence-electron chi connectivity index (χ1n) is 5.78. The minimum absolute atomic E-state index is 0.221. The number of aliphatic hydroxyl groups excluding tert-OH is 2. The van der Waals surface area contributed by atoms with E-state index >= 15 is 0 Å². The summed E-state index contributed by atoms with van der Waals surface area (Å²) >= 11 is 1.46. The van der Waals surface area contributed by atoms with Crippen LogP contribution in [0.4, 0.5) is 0 Å². The van der Waals surface area contributed by atoms with Gasteiger partial charge in [-0.3, -0.25) is 0 Å². The lowest BCUT2D eigenvalue weighted by molar-refractivity contribution is 0.113. The number of nitrogens with zero attached hydrogens (tertiary/aromatic N) is 2. The van der Waals surface area contributed by atoms with Crippen molar-refractivity contribution in [3.8, 4) is 0 Å². The SMILES string of the molecule is CNCc1c(SCC(O)CO)nc2ccccn12. The molecule has 0 fully saturated rings. The molecule has 0 saturated heterocycles. The molecule has 0 bridgehead atoms. The molecule has 6 heteroatoms. The van der Waals surface area contributed by atoms with Gasteiger partial charge in [0, 0.05) is 18.5 Å². The van der Waals surface area contributed by atoms with E-state index in [9.17, 15) is 5.11 Å². The molecule has 0 spiro atoms. The van der Waals surface area contributed by atoms with E-state index in [0.717, 1.165) is 16.4 Å². The fraction of sp³-hybridized carbons (Fsp3) is 0.417. The second kappa shape index (κ2) is 6.19. The number of imidazole rings is 1. The van der Waals surface area contributed by atoms with E-state index in [4.69, 9.17) is 5.11 Å². The molecule has 0 aliphatic rings. The summed E-state index contributed by atoms with van der Waals surface area (Å²) in [5.74, 6) is 0.442. The maximum atomic E-state index is 9.39. The van der Waals surface area contributed by atoms with Crippen molar-refractivity contribution in [3.63, 3.8) is 0 Å². The maximum Gasteiger partial charge on any atom is 0.138 e. The Bertz CT molecular complexity index is 515. The molecule has 2 aromatic heterocycles. The summed E-state index contributed by atoms with van der Waals surface area (Å²) < 4.78 is 2.03. The molecule has 3 N–H and O–H groups in total. The molecule has 98 valence electrons. The molecule has 2 heterocycles. The quantitative estimate of drug-likeness (QED) is 0.665. The molecule has 0 radical (unpaired) electrons. The van der Waals surface area contributed by atoms with Crippen molar-refractivity contribution < 1.29 is 10.2 Å².